The molecular formula is C12H24O2. The molecule has 0 amide bonds. The maximum atomic E-state index is 9.55. The zero-order valence-electron chi connectivity index (χ0n) is 9.28. The molecule has 0 heterocycles. The van der Waals surface area contributed by atoms with Gasteiger partial charge in [-0.15, -0.1) is 6.58 Å². The summed E-state index contributed by atoms with van der Waals surface area (Å²) >= 11 is 0. The van der Waals surface area contributed by atoms with Crippen LogP contribution in [0.2, 0.25) is 0 Å². The molecule has 0 aromatic carbocycles. The van der Waals surface area contributed by atoms with Gasteiger partial charge in [-0.1, -0.05) is 38.7 Å². The van der Waals surface area contributed by atoms with E-state index in [1.807, 2.05) is 0 Å². The number of hydrogen-bond acceptors (Lipinski definition) is 2. The maximum Gasteiger partial charge on any atom is 0.0599 e. The van der Waals surface area contributed by atoms with Gasteiger partial charge in [0.25, 0.3) is 0 Å². The van der Waals surface area contributed by atoms with Crippen LogP contribution in [0.4, 0.5) is 0 Å². The van der Waals surface area contributed by atoms with E-state index in [4.69, 9.17) is 0 Å². The normalized spacial score (nSPS) is 15.1. The standard InChI is InChI=1S/C12H24O2/c1-3-5-6-7-9-12(14)10-11(13)8-4-2/h4,11-14H,2-3,5-10H2,1H3/t11-,12+/m0/s1. The Morgan fingerprint density at radius 2 is 1.86 bits per heavy atom. The third kappa shape index (κ3) is 8.27. The van der Waals surface area contributed by atoms with Crippen molar-refractivity contribution >= 4 is 0 Å². The van der Waals surface area contributed by atoms with Crippen molar-refractivity contribution in [3.63, 3.8) is 0 Å². The lowest BCUT2D eigenvalue weighted by Crippen LogP contribution is -2.16. The van der Waals surface area contributed by atoms with Crippen molar-refractivity contribution in [2.75, 3.05) is 0 Å². The number of hydrogen-bond donors (Lipinski definition) is 2. The lowest BCUT2D eigenvalue weighted by Gasteiger charge is -2.13. The summed E-state index contributed by atoms with van der Waals surface area (Å²) in [7, 11) is 0. The van der Waals surface area contributed by atoms with Crippen LogP contribution in [-0.4, -0.2) is 22.4 Å². The Morgan fingerprint density at radius 3 is 2.43 bits per heavy atom. The molecule has 0 radical (unpaired) electrons. The van der Waals surface area contributed by atoms with Gasteiger partial charge in [-0.2, -0.15) is 0 Å². The van der Waals surface area contributed by atoms with E-state index in [1.54, 1.807) is 6.08 Å². The maximum absolute atomic E-state index is 9.55. The molecule has 0 aromatic rings. The summed E-state index contributed by atoms with van der Waals surface area (Å²) in [6, 6.07) is 0. The third-order valence-corrected chi connectivity index (χ3v) is 2.37. The quantitative estimate of drug-likeness (QED) is 0.444. The molecule has 0 fully saturated rings. The van der Waals surface area contributed by atoms with Crippen LogP contribution in [0.3, 0.4) is 0 Å². The van der Waals surface area contributed by atoms with Gasteiger partial charge in [-0.3, -0.25) is 0 Å². The average Bonchev–Trinajstić information content (AvgIpc) is 2.13. The minimum atomic E-state index is -0.423. The highest BCUT2D eigenvalue weighted by molar-refractivity contribution is 4.74. The van der Waals surface area contributed by atoms with Crippen molar-refractivity contribution in [1.82, 2.24) is 0 Å². The number of aliphatic hydroxyl groups is 2. The summed E-state index contributed by atoms with van der Waals surface area (Å²) in [6.07, 6.45) is 7.50. The molecule has 2 atom stereocenters. The van der Waals surface area contributed by atoms with Gasteiger partial charge in [0.05, 0.1) is 12.2 Å². The summed E-state index contributed by atoms with van der Waals surface area (Å²) < 4.78 is 0. The van der Waals surface area contributed by atoms with Crippen LogP contribution in [0.25, 0.3) is 0 Å². The Labute approximate surface area is 87.7 Å². The zero-order valence-corrected chi connectivity index (χ0v) is 9.28. The third-order valence-electron chi connectivity index (χ3n) is 2.37. The molecule has 0 saturated heterocycles. The first-order valence-electron chi connectivity index (χ1n) is 5.67. The van der Waals surface area contributed by atoms with Gasteiger partial charge in [0.1, 0.15) is 0 Å². The Morgan fingerprint density at radius 1 is 1.14 bits per heavy atom. The minimum absolute atomic E-state index is 0.346. The minimum Gasteiger partial charge on any atom is -0.393 e. The molecule has 84 valence electrons. The van der Waals surface area contributed by atoms with Crippen LogP contribution in [0.1, 0.15) is 51.9 Å². The zero-order chi connectivity index (χ0) is 10.8. The lowest BCUT2D eigenvalue weighted by atomic mass is 10.0. The van der Waals surface area contributed by atoms with Gasteiger partial charge in [-0.25, -0.2) is 0 Å². The highest BCUT2D eigenvalue weighted by Gasteiger charge is 2.09. The van der Waals surface area contributed by atoms with Gasteiger partial charge in [0.2, 0.25) is 0 Å². The molecule has 0 unspecified atom stereocenters. The molecule has 2 heteroatoms. The number of unbranched alkanes of at least 4 members (excludes halogenated alkanes) is 3. The second-order valence-corrected chi connectivity index (χ2v) is 3.92. The Balaban J connectivity index is 3.34. The molecule has 2 N–H and O–H groups in total. The van der Waals surface area contributed by atoms with E-state index < -0.39 is 6.10 Å². The molecule has 0 aliphatic rings. The first-order valence-corrected chi connectivity index (χ1v) is 5.67. The fraction of sp³-hybridized carbons (Fsp3) is 0.833. The second-order valence-electron chi connectivity index (χ2n) is 3.92. The molecule has 0 aliphatic carbocycles. The molecule has 0 bridgehead atoms. The van der Waals surface area contributed by atoms with Crippen LogP contribution < -0.4 is 0 Å². The monoisotopic (exact) mass is 200 g/mol. The highest BCUT2D eigenvalue weighted by Crippen LogP contribution is 2.11. The van der Waals surface area contributed by atoms with Crippen LogP contribution >= 0.6 is 0 Å². The molecule has 0 saturated carbocycles. The fourth-order valence-corrected chi connectivity index (χ4v) is 1.53. The Hall–Kier alpha value is -0.340. The Bertz CT molecular complexity index is 134. The largest absolute Gasteiger partial charge is 0.393 e. The SMILES string of the molecule is C=CC[C@H](O)C[C@H](O)CCCCCC. The molecule has 14 heavy (non-hydrogen) atoms. The number of rotatable bonds is 9. The highest BCUT2D eigenvalue weighted by atomic mass is 16.3. The molecule has 0 rings (SSSR count). The van der Waals surface area contributed by atoms with Gasteiger partial charge >= 0.3 is 0 Å². The van der Waals surface area contributed by atoms with Crippen LogP contribution in [0.15, 0.2) is 12.7 Å². The molecule has 0 spiro atoms. The molecule has 2 nitrogen and oxygen atoms in total. The van der Waals surface area contributed by atoms with Crippen LogP contribution in [-0.2, 0) is 0 Å². The van der Waals surface area contributed by atoms with E-state index in [0.29, 0.717) is 12.8 Å². The van der Waals surface area contributed by atoms with Gasteiger partial charge in [0.15, 0.2) is 0 Å². The van der Waals surface area contributed by atoms with E-state index in [9.17, 15) is 10.2 Å². The van der Waals surface area contributed by atoms with E-state index >= 15 is 0 Å². The van der Waals surface area contributed by atoms with Crippen LogP contribution in [0.5, 0.6) is 0 Å². The molecule has 0 aromatic heterocycles. The summed E-state index contributed by atoms with van der Waals surface area (Å²) in [5, 5.41) is 18.9. The number of aliphatic hydroxyl groups excluding tert-OH is 2. The first kappa shape index (κ1) is 13.7. The van der Waals surface area contributed by atoms with Gasteiger partial charge < -0.3 is 10.2 Å². The average molecular weight is 200 g/mol. The van der Waals surface area contributed by atoms with Crippen molar-refractivity contribution in [2.24, 2.45) is 0 Å². The van der Waals surface area contributed by atoms with Crippen molar-refractivity contribution in [2.45, 2.75) is 64.1 Å². The van der Waals surface area contributed by atoms with Gasteiger partial charge in [0, 0.05) is 0 Å². The predicted octanol–water partition coefficient (Wildman–Crippen LogP) is 2.64. The van der Waals surface area contributed by atoms with E-state index in [-0.39, 0.29) is 6.10 Å². The Kier molecular flexibility index (Phi) is 9.00. The summed E-state index contributed by atoms with van der Waals surface area (Å²) in [4.78, 5) is 0. The van der Waals surface area contributed by atoms with E-state index in [0.717, 1.165) is 12.8 Å². The fourth-order valence-electron chi connectivity index (χ4n) is 1.53. The van der Waals surface area contributed by atoms with Crippen molar-refractivity contribution in [3.8, 4) is 0 Å². The summed E-state index contributed by atoms with van der Waals surface area (Å²) in [6.45, 7) is 5.72. The smallest absolute Gasteiger partial charge is 0.0599 e. The molecule has 0 aliphatic heterocycles. The van der Waals surface area contributed by atoms with E-state index in [1.165, 1.54) is 19.3 Å². The van der Waals surface area contributed by atoms with Gasteiger partial charge in [-0.05, 0) is 19.3 Å². The van der Waals surface area contributed by atoms with E-state index in [2.05, 4.69) is 13.5 Å². The van der Waals surface area contributed by atoms with Crippen molar-refractivity contribution in [1.29, 1.82) is 0 Å². The topological polar surface area (TPSA) is 40.5 Å². The first-order chi connectivity index (χ1) is 6.70. The van der Waals surface area contributed by atoms with Crippen molar-refractivity contribution < 1.29 is 10.2 Å². The van der Waals surface area contributed by atoms with Crippen molar-refractivity contribution in [3.05, 3.63) is 12.7 Å². The second kappa shape index (κ2) is 9.22. The summed E-state index contributed by atoms with van der Waals surface area (Å²) in [5.74, 6) is 0. The van der Waals surface area contributed by atoms with Crippen LogP contribution in [0, 0.1) is 0 Å². The summed E-state index contributed by atoms with van der Waals surface area (Å²) in [5.41, 5.74) is 0. The lowest BCUT2D eigenvalue weighted by molar-refractivity contribution is 0.0757. The molecular weight excluding hydrogens is 176 g/mol. The predicted molar refractivity (Wildman–Crippen MR) is 60.2 cm³/mol.